The fourth-order valence-electron chi connectivity index (χ4n) is 1.50. The smallest absolute Gasteiger partial charge is 0.508 e. The first kappa shape index (κ1) is 21.1. The minimum atomic E-state index is 0. The Hall–Kier alpha value is -1.92. The van der Waals surface area contributed by atoms with Gasteiger partial charge in [0.1, 0.15) is 5.75 Å². The van der Waals surface area contributed by atoms with E-state index in [0.717, 1.165) is 11.1 Å². The number of aryl methyl sites for hydroxylation is 1. The summed E-state index contributed by atoms with van der Waals surface area (Å²) in [4.78, 5) is 0. The van der Waals surface area contributed by atoms with Gasteiger partial charge in [0.2, 0.25) is 0 Å². The van der Waals surface area contributed by atoms with Crippen LogP contribution in [0.15, 0.2) is 84.9 Å². The molecule has 0 unspecified atom stereocenters. The van der Waals surface area contributed by atoms with Gasteiger partial charge in [-0.05, 0) is 19.1 Å². The van der Waals surface area contributed by atoms with E-state index in [1.165, 1.54) is 5.56 Å². The number of hydrogen-bond acceptors (Lipinski definition) is 1. The van der Waals surface area contributed by atoms with Crippen LogP contribution in [0.3, 0.4) is 0 Å². The van der Waals surface area contributed by atoms with Crippen molar-refractivity contribution in [2.45, 2.75) is 6.92 Å². The van der Waals surface area contributed by atoms with Gasteiger partial charge in [-0.15, -0.1) is 24.3 Å². The summed E-state index contributed by atoms with van der Waals surface area (Å²) >= 11 is 0. The predicted octanol–water partition coefficient (Wildman–Crippen LogP) is 5.44. The molecule has 0 aliphatic rings. The van der Waals surface area contributed by atoms with Crippen LogP contribution in [0.4, 0.5) is 0 Å². The maximum atomic E-state index is 8.76. The molecule has 0 aliphatic heterocycles. The number of benzene rings is 3. The van der Waals surface area contributed by atoms with Crippen molar-refractivity contribution in [1.29, 1.82) is 0 Å². The molecule has 0 heterocycles. The molecule has 0 aliphatic carbocycles. The SMILES string of the molecule is Cc1ccc(O)cc1.[CH2-]c1ccccc1.[CH2-]c1ccccc1.[Zr+2]. The summed E-state index contributed by atoms with van der Waals surface area (Å²) in [5.41, 5.74) is 3.31. The van der Waals surface area contributed by atoms with E-state index in [4.69, 9.17) is 5.11 Å². The van der Waals surface area contributed by atoms with E-state index in [-0.39, 0.29) is 26.2 Å². The molecule has 0 saturated heterocycles. The Kier molecular flexibility index (Phi) is 11.6. The summed E-state index contributed by atoms with van der Waals surface area (Å²) in [6, 6.07) is 26.8. The van der Waals surface area contributed by atoms with Gasteiger partial charge in [-0.1, -0.05) is 29.8 Å². The van der Waals surface area contributed by atoms with E-state index < -0.39 is 0 Å². The third-order valence-electron chi connectivity index (χ3n) is 2.72. The van der Waals surface area contributed by atoms with E-state index in [9.17, 15) is 0 Å². The van der Waals surface area contributed by atoms with Gasteiger partial charge in [0, 0.05) is 0 Å². The molecule has 0 spiro atoms. The molecule has 1 N–H and O–H groups in total. The standard InChI is InChI=1S/C7H8O.2C7H7.Zr/c1-6-2-4-7(8)5-3-6;2*1-7-5-3-2-4-6-7;/h2-5,8H,1H3;2*2-6H,1H2;/q;2*-1;+2. The maximum Gasteiger partial charge on any atom is 2.00 e. The van der Waals surface area contributed by atoms with Crippen molar-refractivity contribution < 1.29 is 31.3 Å². The van der Waals surface area contributed by atoms with Gasteiger partial charge in [-0.3, -0.25) is 0 Å². The minimum absolute atomic E-state index is 0. The maximum absolute atomic E-state index is 8.76. The molecule has 0 bridgehead atoms. The first-order valence-electron chi connectivity index (χ1n) is 7.07. The zero-order valence-corrected chi connectivity index (χ0v) is 15.9. The fourth-order valence-corrected chi connectivity index (χ4v) is 1.50. The van der Waals surface area contributed by atoms with E-state index in [2.05, 4.69) is 13.8 Å². The first-order valence-corrected chi connectivity index (χ1v) is 7.07. The molecule has 0 aromatic heterocycles. The van der Waals surface area contributed by atoms with Gasteiger partial charge < -0.3 is 5.11 Å². The monoisotopic (exact) mass is 380 g/mol. The largest absolute Gasteiger partial charge is 2.00 e. The number of aromatic hydroxyl groups is 1. The fraction of sp³-hybridized carbons (Fsp3) is 0.0476. The quantitative estimate of drug-likeness (QED) is 0.514. The van der Waals surface area contributed by atoms with Crippen LogP contribution in [0.2, 0.25) is 0 Å². The van der Waals surface area contributed by atoms with E-state index in [0.29, 0.717) is 5.75 Å². The Morgan fingerprint density at radius 1 is 0.609 bits per heavy atom. The zero-order chi connectivity index (χ0) is 16.2. The Balaban J connectivity index is 0.000000310. The molecule has 2 heteroatoms. The number of phenols is 1. The second-order valence-corrected chi connectivity index (χ2v) is 4.81. The molecule has 0 fully saturated rings. The van der Waals surface area contributed by atoms with Crippen molar-refractivity contribution in [2.24, 2.45) is 0 Å². The van der Waals surface area contributed by atoms with Gasteiger partial charge >= 0.3 is 26.2 Å². The van der Waals surface area contributed by atoms with Gasteiger partial charge in [-0.25, -0.2) is 0 Å². The molecule has 3 rings (SSSR count). The van der Waals surface area contributed by atoms with E-state index in [1.807, 2.05) is 79.7 Å². The van der Waals surface area contributed by atoms with Gasteiger partial charge in [0.15, 0.2) is 0 Å². The molecule has 0 saturated carbocycles. The van der Waals surface area contributed by atoms with Crippen LogP contribution < -0.4 is 0 Å². The molecule has 23 heavy (non-hydrogen) atoms. The average molecular weight is 382 g/mol. The van der Waals surface area contributed by atoms with Crippen molar-refractivity contribution in [1.82, 2.24) is 0 Å². The van der Waals surface area contributed by atoms with Gasteiger partial charge in [0.05, 0.1) is 0 Å². The molecule has 3 aromatic carbocycles. The summed E-state index contributed by atoms with van der Waals surface area (Å²) in [6.45, 7) is 9.43. The molecule has 116 valence electrons. The van der Waals surface area contributed by atoms with Gasteiger partial charge in [0.25, 0.3) is 0 Å². The topological polar surface area (TPSA) is 20.2 Å². The third-order valence-corrected chi connectivity index (χ3v) is 2.72. The van der Waals surface area contributed by atoms with Crippen molar-refractivity contribution in [2.75, 3.05) is 0 Å². The van der Waals surface area contributed by atoms with Crippen LogP contribution in [0, 0.1) is 20.8 Å². The van der Waals surface area contributed by atoms with E-state index in [1.54, 1.807) is 12.1 Å². The Morgan fingerprint density at radius 2 is 0.957 bits per heavy atom. The normalized spacial score (nSPS) is 8.39. The minimum Gasteiger partial charge on any atom is -0.508 e. The van der Waals surface area contributed by atoms with E-state index >= 15 is 0 Å². The summed E-state index contributed by atoms with van der Waals surface area (Å²) in [6.07, 6.45) is 0. The summed E-state index contributed by atoms with van der Waals surface area (Å²) in [7, 11) is 0. The first-order chi connectivity index (χ1) is 10.6. The molecular formula is C21H22OZr. The second kappa shape index (κ2) is 12.6. The Morgan fingerprint density at radius 3 is 1.17 bits per heavy atom. The predicted molar refractivity (Wildman–Crippen MR) is 94.6 cm³/mol. The van der Waals surface area contributed by atoms with Crippen LogP contribution in [0.1, 0.15) is 16.7 Å². The average Bonchev–Trinajstić information content (AvgIpc) is 2.53. The van der Waals surface area contributed by atoms with Crippen LogP contribution in [-0.4, -0.2) is 5.11 Å². The second-order valence-electron chi connectivity index (χ2n) is 4.81. The molecule has 0 radical (unpaired) electrons. The van der Waals surface area contributed by atoms with Crippen LogP contribution in [0.25, 0.3) is 0 Å². The summed E-state index contributed by atoms with van der Waals surface area (Å²) < 4.78 is 0. The van der Waals surface area contributed by atoms with Crippen molar-refractivity contribution in [3.05, 3.63) is 115 Å². The van der Waals surface area contributed by atoms with Crippen molar-refractivity contribution in [3.63, 3.8) is 0 Å². The Bertz CT molecular complexity index is 561. The number of phenolic OH excluding ortho intramolecular Hbond substituents is 1. The molecule has 1 nitrogen and oxygen atoms in total. The number of rotatable bonds is 0. The molecule has 0 atom stereocenters. The third kappa shape index (κ3) is 11.3. The Labute approximate surface area is 159 Å². The van der Waals surface area contributed by atoms with Crippen LogP contribution in [-0.2, 0) is 26.2 Å². The van der Waals surface area contributed by atoms with Crippen molar-refractivity contribution in [3.8, 4) is 5.75 Å². The molecule has 0 amide bonds. The molecular weight excluding hydrogens is 359 g/mol. The van der Waals surface area contributed by atoms with Crippen molar-refractivity contribution >= 4 is 0 Å². The molecule has 3 aromatic rings. The van der Waals surface area contributed by atoms with Crippen LogP contribution in [0.5, 0.6) is 5.75 Å². The van der Waals surface area contributed by atoms with Crippen LogP contribution >= 0.6 is 0 Å². The van der Waals surface area contributed by atoms with Gasteiger partial charge in [-0.2, -0.15) is 49.2 Å². The zero-order valence-electron chi connectivity index (χ0n) is 13.4. The summed E-state index contributed by atoms with van der Waals surface area (Å²) in [5, 5.41) is 8.76. The number of hydrogen-bond donors (Lipinski definition) is 1. The summed E-state index contributed by atoms with van der Waals surface area (Å²) in [5.74, 6) is 0.329.